The molecule has 0 saturated heterocycles. The first-order valence-corrected chi connectivity index (χ1v) is 6.79. The molecule has 0 aliphatic rings. The van der Waals surface area contributed by atoms with Gasteiger partial charge in [-0.3, -0.25) is 0 Å². The van der Waals surface area contributed by atoms with Crippen LogP contribution in [0.3, 0.4) is 0 Å². The van der Waals surface area contributed by atoms with Gasteiger partial charge >= 0.3 is 0 Å². The van der Waals surface area contributed by atoms with Crippen molar-refractivity contribution in [1.82, 2.24) is 0 Å². The summed E-state index contributed by atoms with van der Waals surface area (Å²) in [6.07, 6.45) is 0. The topological polar surface area (TPSA) is 30.5 Å². The van der Waals surface area contributed by atoms with Gasteiger partial charge in [0.2, 0.25) is 0 Å². The lowest BCUT2D eigenvalue weighted by Gasteiger charge is -2.22. The fourth-order valence-corrected chi connectivity index (χ4v) is 1.94. The SMILES string of the molecule is COCC(C)CNc1cc(C(C)(C)C)ccc1OC. The number of methoxy groups -OCH3 is 2. The summed E-state index contributed by atoms with van der Waals surface area (Å²) in [5.74, 6) is 1.35. The predicted octanol–water partition coefficient (Wildman–Crippen LogP) is 3.69. The minimum atomic E-state index is 0.140. The van der Waals surface area contributed by atoms with Gasteiger partial charge in [0.25, 0.3) is 0 Å². The molecule has 0 saturated carbocycles. The fraction of sp³-hybridized carbons (Fsp3) is 0.625. The molecule has 0 amide bonds. The van der Waals surface area contributed by atoms with Crippen LogP contribution in [0.5, 0.6) is 5.75 Å². The maximum Gasteiger partial charge on any atom is 0.141 e. The number of benzene rings is 1. The average Bonchev–Trinajstić information content (AvgIpc) is 2.35. The van der Waals surface area contributed by atoms with Crippen LogP contribution in [-0.2, 0) is 10.2 Å². The summed E-state index contributed by atoms with van der Waals surface area (Å²) in [5.41, 5.74) is 2.49. The Bertz CT molecular complexity index is 396. The van der Waals surface area contributed by atoms with Gasteiger partial charge < -0.3 is 14.8 Å². The van der Waals surface area contributed by atoms with E-state index in [-0.39, 0.29) is 5.41 Å². The van der Waals surface area contributed by atoms with Gasteiger partial charge in [0.1, 0.15) is 5.75 Å². The van der Waals surface area contributed by atoms with Crippen LogP contribution < -0.4 is 10.1 Å². The second-order valence-electron chi connectivity index (χ2n) is 6.11. The molecule has 0 spiro atoms. The van der Waals surface area contributed by atoms with E-state index < -0.39 is 0 Å². The Morgan fingerprint density at radius 1 is 1.21 bits per heavy atom. The first-order chi connectivity index (χ1) is 8.88. The molecule has 0 heterocycles. The van der Waals surface area contributed by atoms with Crippen molar-refractivity contribution in [3.8, 4) is 5.75 Å². The lowest BCUT2D eigenvalue weighted by Crippen LogP contribution is -2.17. The molecule has 1 unspecified atom stereocenters. The van der Waals surface area contributed by atoms with Crippen molar-refractivity contribution in [2.24, 2.45) is 5.92 Å². The molecule has 0 radical (unpaired) electrons. The van der Waals surface area contributed by atoms with E-state index in [4.69, 9.17) is 9.47 Å². The molecule has 1 aromatic carbocycles. The molecule has 0 fully saturated rings. The quantitative estimate of drug-likeness (QED) is 0.851. The maximum atomic E-state index is 5.41. The highest BCUT2D eigenvalue weighted by molar-refractivity contribution is 5.59. The Kier molecular flexibility index (Phi) is 5.67. The molecule has 108 valence electrons. The zero-order valence-corrected chi connectivity index (χ0v) is 13.0. The zero-order chi connectivity index (χ0) is 14.5. The van der Waals surface area contributed by atoms with E-state index in [1.165, 1.54) is 5.56 Å². The molecule has 1 aromatic rings. The molecular formula is C16H27NO2. The van der Waals surface area contributed by atoms with Gasteiger partial charge in [-0.15, -0.1) is 0 Å². The summed E-state index contributed by atoms with van der Waals surface area (Å²) in [4.78, 5) is 0. The molecule has 0 aromatic heterocycles. The maximum absolute atomic E-state index is 5.41. The Morgan fingerprint density at radius 3 is 2.42 bits per heavy atom. The first-order valence-electron chi connectivity index (χ1n) is 6.79. The standard InChI is InChI=1S/C16H27NO2/c1-12(11-18-5)10-17-14-9-13(16(2,3)4)7-8-15(14)19-6/h7-9,12,17H,10-11H2,1-6H3. The summed E-state index contributed by atoms with van der Waals surface area (Å²) in [5, 5.41) is 3.46. The van der Waals surface area contributed by atoms with Gasteiger partial charge in [-0.1, -0.05) is 33.8 Å². The third-order valence-electron chi connectivity index (χ3n) is 3.16. The molecule has 1 atom stereocenters. The molecule has 0 aliphatic carbocycles. The summed E-state index contributed by atoms with van der Waals surface area (Å²) in [7, 11) is 3.44. The minimum absolute atomic E-state index is 0.140. The van der Waals surface area contributed by atoms with Crippen molar-refractivity contribution in [1.29, 1.82) is 0 Å². The Hall–Kier alpha value is -1.22. The molecule has 19 heavy (non-hydrogen) atoms. The third-order valence-corrected chi connectivity index (χ3v) is 3.16. The Labute approximate surface area is 117 Å². The van der Waals surface area contributed by atoms with Crippen LogP contribution in [0.15, 0.2) is 18.2 Å². The van der Waals surface area contributed by atoms with Crippen LogP contribution >= 0.6 is 0 Å². The van der Waals surface area contributed by atoms with E-state index in [1.807, 2.05) is 6.07 Å². The van der Waals surface area contributed by atoms with Crippen LogP contribution in [0.25, 0.3) is 0 Å². The van der Waals surface area contributed by atoms with E-state index in [9.17, 15) is 0 Å². The van der Waals surface area contributed by atoms with Crippen molar-refractivity contribution in [3.05, 3.63) is 23.8 Å². The second kappa shape index (κ2) is 6.80. The van der Waals surface area contributed by atoms with Crippen molar-refractivity contribution in [2.75, 3.05) is 32.7 Å². The van der Waals surface area contributed by atoms with E-state index in [1.54, 1.807) is 14.2 Å². The van der Waals surface area contributed by atoms with Gasteiger partial charge in [0.05, 0.1) is 19.4 Å². The highest BCUT2D eigenvalue weighted by atomic mass is 16.5. The van der Waals surface area contributed by atoms with Crippen LogP contribution in [-0.4, -0.2) is 27.4 Å². The number of hydrogen-bond acceptors (Lipinski definition) is 3. The average molecular weight is 265 g/mol. The number of rotatable bonds is 6. The minimum Gasteiger partial charge on any atom is -0.495 e. The van der Waals surface area contributed by atoms with E-state index >= 15 is 0 Å². The van der Waals surface area contributed by atoms with Crippen LogP contribution in [0, 0.1) is 5.92 Å². The molecule has 0 aliphatic heterocycles. The number of ether oxygens (including phenoxy) is 2. The van der Waals surface area contributed by atoms with E-state index in [0.29, 0.717) is 5.92 Å². The molecular weight excluding hydrogens is 238 g/mol. The monoisotopic (exact) mass is 265 g/mol. The van der Waals surface area contributed by atoms with Gasteiger partial charge in [-0.05, 0) is 29.0 Å². The molecule has 1 rings (SSSR count). The summed E-state index contributed by atoms with van der Waals surface area (Å²) in [6.45, 7) is 10.4. The van der Waals surface area contributed by atoms with Crippen LogP contribution in [0.4, 0.5) is 5.69 Å². The molecule has 1 N–H and O–H groups in total. The smallest absolute Gasteiger partial charge is 0.141 e. The lowest BCUT2D eigenvalue weighted by molar-refractivity contribution is 0.164. The molecule has 0 bridgehead atoms. The number of nitrogens with one attached hydrogen (secondary N) is 1. The Morgan fingerprint density at radius 2 is 1.89 bits per heavy atom. The summed E-state index contributed by atoms with van der Waals surface area (Å²) >= 11 is 0. The highest BCUT2D eigenvalue weighted by Crippen LogP contribution is 2.31. The highest BCUT2D eigenvalue weighted by Gasteiger charge is 2.16. The van der Waals surface area contributed by atoms with Crippen molar-refractivity contribution >= 4 is 5.69 Å². The normalized spacial score (nSPS) is 13.2. The van der Waals surface area contributed by atoms with Gasteiger partial charge in [0.15, 0.2) is 0 Å². The van der Waals surface area contributed by atoms with Crippen LogP contribution in [0.2, 0.25) is 0 Å². The van der Waals surface area contributed by atoms with Gasteiger partial charge in [-0.25, -0.2) is 0 Å². The van der Waals surface area contributed by atoms with Crippen LogP contribution in [0.1, 0.15) is 33.3 Å². The number of anilines is 1. The summed E-state index contributed by atoms with van der Waals surface area (Å²) in [6, 6.07) is 6.34. The molecule has 3 heteroatoms. The predicted molar refractivity (Wildman–Crippen MR) is 81.2 cm³/mol. The van der Waals surface area contributed by atoms with E-state index in [0.717, 1.165) is 24.6 Å². The van der Waals surface area contributed by atoms with Crippen molar-refractivity contribution < 1.29 is 9.47 Å². The second-order valence-corrected chi connectivity index (χ2v) is 6.11. The summed E-state index contributed by atoms with van der Waals surface area (Å²) < 4.78 is 10.6. The number of hydrogen-bond donors (Lipinski definition) is 1. The van der Waals surface area contributed by atoms with E-state index in [2.05, 4.69) is 45.1 Å². The Balaban J connectivity index is 2.84. The molecule has 3 nitrogen and oxygen atoms in total. The lowest BCUT2D eigenvalue weighted by atomic mass is 9.87. The van der Waals surface area contributed by atoms with Crippen molar-refractivity contribution in [3.63, 3.8) is 0 Å². The van der Waals surface area contributed by atoms with Gasteiger partial charge in [-0.2, -0.15) is 0 Å². The van der Waals surface area contributed by atoms with Crippen molar-refractivity contribution in [2.45, 2.75) is 33.1 Å². The first kappa shape index (κ1) is 15.8. The zero-order valence-electron chi connectivity index (χ0n) is 13.0. The largest absolute Gasteiger partial charge is 0.495 e. The fourth-order valence-electron chi connectivity index (χ4n) is 1.94. The van der Waals surface area contributed by atoms with Gasteiger partial charge in [0, 0.05) is 13.7 Å². The third kappa shape index (κ3) is 4.75.